The van der Waals surface area contributed by atoms with Crippen LogP contribution in [0, 0.1) is 0 Å². The first kappa shape index (κ1) is 18.0. The number of hydrogen-bond donors (Lipinski definition) is 1. The van der Waals surface area contributed by atoms with Crippen molar-refractivity contribution in [2.24, 2.45) is 0 Å². The van der Waals surface area contributed by atoms with Crippen molar-refractivity contribution in [3.63, 3.8) is 0 Å². The highest BCUT2D eigenvalue weighted by Gasteiger charge is 2.18. The summed E-state index contributed by atoms with van der Waals surface area (Å²) >= 11 is 1.65. The summed E-state index contributed by atoms with van der Waals surface area (Å²) < 4.78 is 29.2. The van der Waals surface area contributed by atoms with Gasteiger partial charge in [-0.3, -0.25) is 0 Å². The van der Waals surface area contributed by atoms with E-state index in [1.165, 1.54) is 6.07 Å². The van der Waals surface area contributed by atoms with Crippen molar-refractivity contribution in [3.8, 4) is 0 Å². The highest BCUT2D eigenvalue weighted by atomic mass is 35.5. The van der Waals surface area contributed by atoms with Gasteiger partial charge in [-0.1, -0.05) is 25.9 Å². The van der Waals surface area contributed by atoms with E-state index in [1.54, 1.807) is 11.3 Å². The topological polar surface area (TPSA) is 51.0 Å². The zero-order chi connectivity index (χ0) is 14.8. The lowest BCUT2D eigenvalue weighted by Crippen LogP contribution is -2.12. The smallest absolute Gasteiger partial charge is 0.298 e. The van der Waals surface area contributed by atoms with E-state index in [4.69, 9.17) is 0 Å². The van der Waals surface area contributed by atoms with Crippen LogP contribution in [0.1, 0.15) is 48.5 Å². The maximum absolute atomic E-state index is 12.3. The first-order chi connectivity index (χ1) is 9.36. The first-order valence-electron chi connectivity index (χ1n) is 6.26. The summed E-state index contributed by atoms with van der Waals surface area (Å²) in [6, 6.07) is 1.27. The van der Waals surface area contributed by atoms with Crippen molar-refractivity contribution < 1.29 is 13.3 Å². The third-order valence-corrected chi connectivity index (χ3v) is 4.02. The SMILES string of the molecule is CC(C)(C)c1ncc(CNCc2cc(C(F)F)on2)s1.Cl. The van der Waals surface area contributed by atoms with Gasteiger partial charge in [-0.05, 0) is 0 Å². The van der Waals surface area contributed by atoms with E-state index in [1.807, 2.05) is 6.20 Å². The molecule has 0 aliphatic heterocycles. The van der Waals surface area contributed by atoms with Gasteiger partial charge in [0.2, 0.25) is 5.76 Å². The van der Waals surface area contributed by atoms with Crippen LogP contribution in [-0.2, 0) is 18.5 Å². The molecule has 21 heavy (non-hydrogen) atoms. The molecule has 0 aliphatic carbocycles. The van der Waals surface area contributed by atoms with Gasteiger partial charge in [0.15, 0.2) is 0 Å². The summed E-state index contributed by atoms with van der Waals surface area (Å²) in [4.78, 5) is 5.49. The minimum Gasteiger partial charge on any atom is -0.355 e. The molecule has 2 heterocycles. The first-order valence-corrected chi connectivity index (χ1v) is 7.07. The fourth-order valence-corrected chi connectivity index (χ4v) is 2.50. The lowest BCUT2D eigenvalue weighted by Gasteiger charge is -2.13. The average molecular weight is 338 g/mol. The molecule has 2 aromatic heterocycles. The quantitative estimate of drug-likeness (QED) is 0.893. The molecule has 4 nitrogen and oxygen atoms in total. The predicted octanol–water partition coefficient (Wildman–Crippen LogP) is 4.08. The van der Waals surface area contributed by atoms with Crippen LogP contribution >= 0.6 is 23.7 Å². The standard InChI is InChI=1S/C13H17F2N3OS.ClH/c1-13(2,3)12-17-7-9(20-12)6-16-5-8-4-10(11(14)15)19-18-8;/h4,7,11,16H,5-6H2,1-3H3;1H. The fraction of sp³-hybridized carbons (Fsp3) is 0.538. The fourth-order valence-electron chi connectivity index (χ4n) is 1.56. The Bertz CT molecular complexity index is 566. The number of halogens is 3. The number of alkyl halides is 2. The van der Waals surface area contributed by atoms with Crippen LogP contribution in [0.25, 0.3) is 0 Å². The molecule has 2 rings (SSSR count). The van der Waals surface area contributed by atoms with E-state index >= 15 is 0 Å². The third-order valence-electron chi connectivity index (χ3n) is 2.59. The van der Waals surface area contributed by atoms with Crippen molar-refractivity contribution in [1.82, 2.24) is 15.5 Å². The van der Waals surface area contributed by atoms with Crippen LogP contribution in [-0.4, -0.2) is 10.1 Å². The Hall–Kier alpha value is -1.05. The van der Waals surface area contributed by atoms with Crippen LogP contribution in [0.5, 0.6) is 0 Å². The van der Waals surface area contributed by atoms with Crippen molar-refractivity contribution in [3.05, 3.63) is 33.6 Å². The minimum absolute atomic E-state index is 0. The zero-order valence-electron chi connectivity index (χ0n) is 12.0. The second kappa shape index (κ2) is 7.29. The normalized spacial score (nSPS) is 11.7. The summed E-state index contributed by atoms with van der Waals surface area (Å²) in [7, 11) is 0. The molecule has 118 valence electrons. The highest BCUT2D eigenvalue weighted by Crippen LogP contribution is 2.26. The Morgan fingerprint density at radius 2 is 2.05 bits per heavy atom. The molecular weight excluding hydrogens is 320 g/mol. The van der Waals surface area contributed by atoms with Gasteiger partial charge in [0.1, 0.15) is 0 Å². The van der Waals surface area contributed by atoms with Crippen molar-refractivity contribution in [2.45, 2.75) is 45.7 Å². The van der Waals surface area contributed by atoms with Gasteiger partial charge in [0, 0.05) is 35.6 Å². The maximum atomic E-state index is 12.3. The number of nitrogens with zero attached hydrogens (tertiary/aromatic N) is 2. The van der Waals surface area contributed by atoms with Crippen LogP contribution in [0.15, 0.2) is 16.8 Å². The molecule has 2 aromatic rings. The van der Waals surface area contributed by atoms with Crippen LogP contribution in [0.2, 0.25) is 0 Å². The van der Waals surface area contributed by atoms with Gasteiger partial charge in [-0.2, -0.15) is 0 Å². The summed E-state index contributed by atoms with van der Waals surface area (Å²) in [5.41, 5.74) is 0.516. The Labute approximate surface area is 132 Å². The molecular formula is C13H18ClF2N3OS. The van der Waals surface area contributed by atoms with Gasteiger partial charge < -0.3 is 9.84 Å². The van der Waals surface area contributed by atoms with Crippen molar-refractivity contribution in [1.29, 1.82) is 0 Å². The molecule has 0 fully saturated rings. The van der Waals surface area contributed by atoms with Gasteiger partial charge >= 0.3 is 0 Å². The van der Waals surface area contributed by atoms with E-state index in [0.717, 1.165) is 9.88 Å². The van der Waals surface area contributed by atoms with E-state index in [2.05, 4.69) is 40.8 Å². The molecule has 1 N–H and O–H groups in total. The molecule has 0 aromatic carbocycles. The molecule has 0 aliphatic rings. The number of rotatable bonds is 5. The summed E-state index contributed by atoms with van der Waals surface area (Å²) in [5.74, 6) is -0.394. The van der Waals surface area contributed by atoms with Crippen LogP contribution in [0.4, 0.5) is 8.78 Å². The van der Waals surface area contributed by atoms with E-state index < -0.39 is 12.2 Å². The van der Waals surface area contributed by atoms with E-state index in [-0.39, 0.29) is 17.8 Å². The summed E-state index contributed by atoms with van der Waals surface area (Å²) in [6.45, 7) is 7.36. The summed E-state index contributed by atoms with van der Waals surface area (Å²) in [5, 5.41) is 7.80. The maximum Gasteiger partial charge on any atom is 0.298 e. The number of aromatic nitrogens is 2. The van der Waals surface area contributed by atoms with Gasteiger partial charge in [-0.15, -0.1) is 23.7 Å². The van der Waals surface area contributed by atoms with Gasteiger partial charge in [0.05, 0.1) is 10.7 Å². The number of nitrogens with one attached hydrogen (secondary N) is 1. The van der Waals surface area contributed by atoms with Crippen molar-refractivity contribution in [2.75, 3.05) is 0 Å². The second-order valence-electron chi connectivity index (χ2n) is 5.51. The molecule has 0 spiro atoms. The van der Waals surface area contributed by atoms with Crippen molar-refractivity contribution >= 4 is 23.7 Å². The number of hydrogen-bond acceptors (Lipinski definition) is 5. The lowest BCUT2D eigenvalue weighted by atomic mass is 9.98. The highest BCUT2D eigenvalue weighted by molar-refractivity contribution is 7.11. The Balaban J connectivity index is 0.00000220. The molecule has 0 saturated carbocycles. The zero-order valence-corrected chi connectivity index (χ0v) is 13.7. The molecule has 0 radical (unpaired) electrons. The third kappa shape index (κ3) is 5.01. The number of thiazole rings is 1. The summed E-state index contributed by atoms with van der Waals surface area (Å²) in [6.07, 6.45) is -0.780. The molecule has 0 bridgehead atoms. The van der Waals surface area contributed by atoms with E-state index in [0.29, 0.717) is 18.8 Å². The largest absolute Gasteiger partial charge is 0.355 e. The molecule has 0 atom stereocenters. The van der Waals surface area contributed by atoms with E-state index in [9.17, 15) is 8.78 Å². The van der Waals surface area contributed by atoms with Gasteiger partial charge in [0.25, 0.3) is 6.43 Å². The molecule has 0 saturated heterocycles. The Morgan fingerprint density at radius 3 is 2.57 bits per heavy atom. The van der Waals surface area contributed by atoms with Gasteiger partial charge in [-0.25, -0.2) is 13.8 Å². The van der Waals surface area contributed by atoms with Crippen LogP contribution in [0.3, 0.4) is 0 Å². The lowest BCUT2D eigenvalue weighted by molar-refractivity contribution is 0.112. The Kier molecular flexibility index (Phi) is 6.24. The monoisotopic (exact) mass is 337 g/mol. The predicted molar refractivity (Wildman–Crippen MR) is 80.1 cm³/mol. The Morgan fingerprint density at radius 1 is 1.33 bits per heavy atom. The molecule has 0 unspecified atom stereocenters. The molecule has 0 amide bonds. The minimum atomic E-state index is -2.62. The average Bonchev–Trinajstić information content (AvgIpc) is 2.96. The van der Waals surface area contributed by atoms with Crippen LogP contribution < -0.4 is 5.32 Å². The second-order valence-corrected chi connectivity index (χ2v) is 6.62. The molecule has 8 heteroatoms.